The Morgan fingerprint density at radius 2 is 2.06 bits per heavy atom. The van der Waals surface area contributed by atoms with Gasteiger partial charge in [-0.15, -0.1) is 0 Å². The van der Waals surface area contributed by atoms with E-state index in [0.29, 0.717) is 28.8 Å². The Hall–Kier alpha value is -3.65. The Labute approximate surface area is 208 Å². The number of fused-ring (bicyclic) bond motifs is 1. The van der Waals surface area contributed by atoms with E-state index in [1.165, 1.54) is 11.9 Å². The maximum atomic E-state index is 13.3. The van der Waals surface area contributed by atoms with Crippen LogP contribution >= 0.6 is 11.6 Å². The lowest BCUT2D eigenvalue weighted by atomic mass is 9.95. The molecule has 1 fully saturated rings. The molecule has 0 aliphatic carbocycles. The van der Waals surface area contributed by atoms with E-state index in [-0.39, 0.29) is 11.8 Å². The maximum Gasteiger partial charge on any atom is 0.254 e. The molecule has 8 nitrogen and oxygen atoms in total. The number of aryl methyl sites for hydroxylation is 1. The summed E-state index contributed by atoms with van der Waals surface area (Å²) in [5.41, 5.74) is 3.77. The zero-order valence-electron chi connectivity index (χ0n) is 19.7. The summed E-state index contributed by atoms with van der Waals surface area (Å²) in [7, 11) is 1.57. The predicted molar refractivity (Wildman–Crippen MR) is 136 cm³/mol. The molecule has 1 atom stereocenters. The minimum atomic E-state index is -0.205. The molecule has 3 heterocycles. The Morgan fingerprint density at radius 1 is 1.23 bits per heavy atom. The van der Waals surface area contributed by atoms with Gasteiger partial charge in [-0.25, -0.2) is 4.98 Å². The smallest absolute Gasteiger partial charge is 0.254 e. The summed E-state index contributed by atoms with van der Waals surface area (Å²) >= 11 is 6.15. The predicted octanol–water partition coefficient (Wildman–Crippen LogP) is 4.54. The van der Waals surface area contributed by atoms with Crippen LogP contribution in [0.3, 0.4) is 0 Å². The highest BCUT2D eigenvalue weighted by atomic mass is 35.5. The summed E-state index contributed by atoms with van der Waals surface area (Å²) in [6.07, 6.45) is 3.92. The average molecular weight is 491 g/mol. The first kappa shape index (κ1) is 23.1. The number of hydrogen-bond acceptors (Lipinski definition) is 6. The van der Waals surface area contributed by atoms with Gasteiger partial charge >= 0.3 is 0 Å². The summed E-state index contributed by atoms with van der Waals surface area (Å²) < 4.78 is 7.19. The van der Waals surface area contributed by atoms with Crippen LogP contribution < -0.4 is 15.0 Å². The van der Waals surface area contributed by atoms with Crippen LogP contribution in [-0.2, 0) is 11.2 Å². The lowest BCUT2D eigenvalue weighted by Crippen LogP contribution is -2.42. The number of hydrogen-bond donors (Lipinski definition) is 1. The van der Waals surface area contributed by atoms with Gasteiger partial charge in [0.05, 0.1) is 18.7 Å². The third kappa shape index (κ3) is 4.79. The molecule has 1 aliphatic rings. The Kier molecular flexibility index (Phi) is 6.55. The number of benzene rings is 2. The number of methoxy groups -OCH3 is 1. The van der Waals surface area contributed by atoms with Crippen molar-refractivity contribution < 1.29 is 9.53 Å². The van der Waals surface area contributed by atoms with Gasteiger partial charge in [0.2, 0.25) is 5.91 Å². The second kappa shape index (κ2) is 9.92. The van der Waals surface area contributed by atoms with Gasteiger partial charge in [-0.1, -0.05) is 41.9 Å². The van der Waals surface area contributed by atoms with Crippen molar-refractivity contribution in [3.63, 3.8) is 0 Å². The third-order valence-electron chi connectivity index (χ3n) is 6.44. The number of aromatic nitrogens is 4. The number of nitrogens with one attached hydrogen (secondary N) is 1. The number of anilines is 2. The van der Waals surface area contributed by atoms with Crippen molar-refractivity contribution in [3.05, 3.63) is 76.7 Å². The number of ether oxygens (including phenoxy) is 1. The van der Waals surface area contributed by atoms with Crippen LogP contribution in [0.2, 0.25) is 5.02 Å². The molecule has 0 radical (unpaired) electrons. The quantitative estimate of drug-likeness (QED) is 0.427. The first-order valence-corrected chi connectivity index (χ1v) is 12.0. The molecule has 2 aromatic heterocycles. The van der Waals surface area contributed by atoms with Gasteiger partial charge in [0.1, 0.15) is 17.9 Å². The highest BCUT2D eigenvalue weighted by Crippen LogP contribution is 2.32. The number of carbonyl (C=O) groups excluding carboxylic acids is 1. The first-order chi connectivity index (χ1) is 17.0. The van der Waals surface area contributed by atoms with Gasteiger partial charge in [0.25, 0.3) is 5.78 Å². The van der Waals surface area contributed by atoms with Crippen molar-refractivity contribution in [2.24, 2.45) is 5.92 Å². The van der Waals surface area contributed by atoms with Crippen LogP contribution in [0.4, 0.5) is 11.5 Å². The molecule has 1 amide bonds. The van der Waals surface area contributed by atoms with Crippen LogP contribution in [0.5, 0.6) is 5.75 Å². The van der Waals surface area contributed by atoms with Crippen LogP contribution in [0.1, 0.15) is 29.7 Å². The third-order valence-corrected chi connectivity index (χ3v) is 6.67. The Bertz CT molecular complexity index is 1360. The molecule has 9 heteroatoms. The molecule has 0 unspecified atom stereocenters. The maximum absolute atomic E-state index is 13.3. The largest absolute Gasteiger partial charge is 0.495 e. The Morgan fingerprint density at radius 3 is 2.86 bits per heavy atom. The van der Waals surface area contributed by atoms with Crippen LogP contribution in [-0.4, -0.2) is 45.7 Å². The zero-order chi connectivity index (χ0) is 24.4. The van der Waals surface area contributed by atoms with Gasteiger partial charge in [-0.3, -0.25) is 4.79 Å². The number of halogens is 1. The molecule has 4 aromatic rings. The molecule has 35 heavy (non-hydrogen) atoms. The number of carbonyl (C=O) groups is 1. The fourth-order valence-electron chi connectivity index (χ4n) is 4.70. The van der Waals surface area contributed by atoms with E-state index < -0.39 is 0 Å². The second-order valence-electron chi connectivity index (χ2n) is 8.75. The fourth-order valence-corrected chi connectivity index (χ4v) is 4.87. The molecule has 2 aromatic carbocycles. The van der Waals surface area contributed by atoms with Crippen molar-refractivity contribution >= 4 is 34.8 Å². The van der Waals surface area contributed by atoms with Crippen molar-refractivity contribution in [2.45, 2.75) is 26.2 Å². The highest BCUT2D eigenvalue weighted by Gasteiger charge is 2.30. The fraction of sp³-hybridized carbons (Fsp3) is 0.308. The van der Waals surface area contributed by atoms with Crippen LogP contribution in [0.25, 0.3) is 5.78 Å². The molecule has 5 rings (SSSR count). The van der Waals surface area contributed by atoms with Crippen molar-refractivity contribution in [3.8, 4) is 5.75 Å². The van der Waals surface area contributed by atoms with E-state index in [9.17, 15) is 4.79 Å². The monoisotopic (exact) mass is 490 g/mol. The molecule has 1 aliphatic heterocycles. The first-order valence-electron chi connectivity index (χ1n) is 11.7. The van der Waals surface area contributed by atoms with E-state index >= 15 is 0 Å². The molecule has 1 N–H and O–H groups in total. The average Bonchev–Trinajstić information content (AvgIpc) is 3.33. The SMILES string of the molecule is COc1ccc(Cl)cc1NC(=O)[C@H]1CCCN(c2c(Cc3ccccc3)c(C)nc3ncnn23)C1. The van der Waals surface area contributed by atoms with E-state index in [0.717, 1.165) is 42.9 Å². The van der Waals surface area contributed by atoms with E-state index in [2.05, 4.69) is 37.4 Å². The second-order valence-corrected chi connectivity index (χ2v) is 9.19. The topological polar surface area (TPSA) is 84.6 Å². The van der Waals surface area contributed by atoms with Gasteiger partial charge in [-0.2, -0.15) is 14.6 Å². The van der Waals surface area contributed by atoms with Crippen molar-refractivity contribution in [1.29, 1.82) is 0 Å². The molecule has 0 saturated carbocycles. The Balaban J connectivity index is 1.45. The van der Waals surface area contributed by atoms with Gasteiger partial charge in [0, 0.05) is 35.8 Å². The summed E-state index contributed by atoms with van der Waals surface area (Å²) in [6.45, 7) is 3.40. The van der Waals surface area contributed by atoms with E-state index in [1.54, 1.807) is 29.8 Å². The minimum absolute atomic E-state index is 0.0551. The lowest BCUT2D eigenvalue weighted by Gasteiger charge is -2.35. The zero-order valence-corrected chi connectivity index (χ0v) is 20.5. The number of amides is 1. The van der Waals surface area contributed by atoms with E-state index in [1.807, 2.05) is 25.1 Å². The number of nitrogens with zero attached hydrogens (tertiary/aromatic N) is 5. The molecular weight excluding hydrogens is 464 g/mol. The van der Waals surface area contributed by atoms with Gasteiger partial charge < -0.3 is 15.0 Å². The summed E-state index contributed by atoms with van der Waals surface area (Å²) in [4.78, 5) is 24.6. The standard InChI is InChI=1S/C26H27ClN6O2/c1-17-21(13-18-7-4-3-5-8-18)25(33-26(30-17)28-16-29-33)32-12-6-9-19(15-32)24(34)31-22-14-20(27)10-11-23(22)35-2/h3-5,7-8,10-11,14,16,19H,6,9,12-13,15H2,1-2H3,(H,31,34)/t19-/m0/s1. The molecular formula is C26H27ClN6O2. The normalized spacial score (nSPS) is 15.9. The van der Waals surface area contributed by atoms with E-state index in [4.69, 9.17) is 16.3 Å². The molecule has 1 saturated heterocycles. The highest BCUT2D eigenvalue weighted by molar-refractivity contribution is 6.31. The lowest BCUT2D eigenvalue weighted by molar-refractivity contribution is -0.120. The molecule has 0 spiro atoms. The summed E-state index contributed by atoms with van der Waals surface area (Å²) in [5, 5.41) is 8.04. The summed E-state index contributed by atoms with van der Waals surface area (Å²) in [6, 6.07) is 15.5. The van der Waals surface area contributed by atoms with Crippen molar-refractivity contribution in [2.75, 3.05) is 30.4 Å². The van der Waals surface area contributed by atoms with Crippen molar-refractivity contribution in [1.82, 2.24) is 19.6 Å². The van der Waals surface area contributed by atoms with Gasteiger partial charge in [-0.05, 0) is 43.5 Å². The minimum Gasteiger partial charge on any atom is -0.495 e. The molecule has 0 bridgehead atoms. The van der Waals surface area contributed by atoms with Crippen LogP contribution in [0, 0.1) is 12.8 Å². The summed E-state index contributed by atoms with van der Waals surface area (Å²) in [5.74, 6) is 1.83. The number of rotatable bonds is 6. The van der Waals surface area contributed by atoms with Gasteiger partial charge in [0.15, 0.2) is 0 Å². The van der Waals surface area contributed by atoms with Crippen LogP contribution in [0.15, 0.2) is 54.9 Å². The molecule has 180 valence electrons. The number of piperidine rings is 1.